The van der Waals surface area contributed by atoms with Gasteiger partial charge in [-0.1, -0.05) is 13.8 Å². The molecular weight excluding hydrogens is 222 g/mol. The van der Waals surface area contributed by atoms with Crippen molar-refractivity contribution >= 4 is 0 Å². The van der Waals surface area contributed by atoms with Crippen LogP contribution in [0.3, 0.4) is 0 Å². The average molecular weight is 255 g/mol. The van der Waals surface area contributed by atoms with E-state index in [1.807, 2.05) is 0 Å². The number of nitrogens with two attached hydrogens (primary N) is 1. The van der Waals surface area contributed by atoms with E-state index in [9.17, 15) is 0 Å². The molecule has 3 atom stereocenters. The Labute approximate surface area is 114 Å². The van der Waals surface area contributed by atoms with Gasteiger partial charge in [0.1, 0.15) is 0 Å². The van der Waals surface area contributed by atoms with Gasteiger partial charge >= 0.3 is 0 Å². The number of nitrogens with zero attached hydrogens (tertiary/aromatic N) is 2. The van der Waals surface area contributed by atoms with Crippen molar-refractivity contribution in [1.29, 1.82) is 0 Å². The molecule has 1 fully saturated rings. The molecule has 0 amide bonds. The Morgan fingerprint density at radius 3 is 2.28 bits per heavy atom. The third-order valence-corrected chi connectivity index (χ3v) is 5.03. The highest BCUT2D eigenvalue weighted by Crippen LogP contribution is 2.38. The molecule has 0 aromatic rings. The third kappa shape index (κ3) is 3.94. The molecule has 0 bridgehead atoms. The van der Waals surface area contributed by atoms with E-state index in [4.69, 9.17) is 5.73 Å². The van der Waals surface area contributed by atoms with Gasteiger partial charge in [-0.25, -0.2) is 0 Å². The first-order valence-corrected chi connectivity index (χ1v) is 7.47. The summed E-state index contributed by atoms with van der Waals surface area (Å²) in [4.78, 5) is 4.80. The SMILES string of the molecule is CC1CCC(CN)(N(C)CCCN(C)C)CC1C. The highest BCUT2D eigenvalue weighted by atomic mass is 15.2. The maximum absolute atomic E-state index is 6.13. The highest BCUT2D eigenvalue weighted by molar-refractivity contribution is 4.96. The van der Waals surface area contributed by atoms with Gasteiger partial charge in [0.05, 0.1) is 0 Å². The molecule has 3 unspecified atom stereocenters. The van der Waals surface area contributed by atoms with E-state index in [2.05, 4.69) is 44.8 Å². The second-order valence-electron chi connectivity index (χ2n) is 6.70. The zero-order valence-electron chi connectivity index (χ0n) is 13.1. The fourth-order valence-electron chi connectivity index (χ4n) is 3.23. The summed E-state index contributed by atoms with van der Waals surface area (Å²) in [7, 11) is 6.55. The molecule has 1 saturated carbocycles. The van der Waals surface area contributed by atoms with E-state index >= 15 is 0 Å². The van der Waals surface area contributed by atoms with E-state index in [0.29, 0.717) is 0 Å². The predicted octanol–water partition coefficient (Wildman–Crippen LogP) is 2.02. The Morgan fingerprint density at radius 1 is 1.11 bits per heavy atom. The number of likely N-dealkylation sites (N-methyl/N-ethyl adjacent to an activating group) is 1. The van der Waals surface area contributed by atoms with Crippen LogP contribution in [0.2, 0.25) is 0 Å². The van der Waals surface area contributed by atoms with Gasteiger partial charge in [-0.15, -0.1) is 0 Å². The van der Waals surface area contributed by atoms with Gasteiger partial charge in [0.15, 0.2) is 0 Å². The van der Waals surface area contributed by atoms with Gasteiger partial charge in [0, 0.05) is 12.1 Å². The first-order valence-electron chi connectivity index (χ1n) is 7.47. The molecule has 0 aromatic carbocycles. The lowest BCUT2D eigenvalue weighted by Gasteiger charge is -2.48. The second-order valence-corrected chi connectivity index (χ2v) is 6.70. The van der Waals surface area contributed by atoms with Crippen molar-refractivity contribution in [2.24, 2.45) is 17.6 Å². The van der Waals surface area contributed by atoms with Crippen molar-refractivity contribution < 1.29 is 0 Å². The zero-order chi connectivity index (χ0) is 13.8. The fraction of sp³-hybridized carbons (Fsp3) is 1.00. The molecule has 1 aliphatic carbocycles. The Balaban J connectivity index is 2.53. The summed E-state index contributed by atoms with van der Waals surface area (Å²) >= 11 is 0. The van der Waals surface area contributed by atoms with Gasteiger partial charge in [-0.05, 0) is 71.8 Å². The van der Waals surface area contributed by atoms with E-state index < -0.39 is 0 Å². The van der Waals surface area contributed by atoms with Crippen LogP contribution < -0.4 is 5.73 Å². The van der Waals surface area contributed by atoms with Crippen molar-refractivity contribution in [3.8, 4) is 0 Å². The largest absolute Gasteiger partial charge is 0.329 e. The van der Waals surface area contributed by atoms with E-state index in [1.54, 1.807) is 0 Å². The van der Waals surface area contributed by atoms with Crippen LogP contribution in [0.25, 0.3) is 0 Å². The molecule has 0 radical (unpaired) electrons. The summed E-state index contributed by atoms with van der Waals surface area (Å²) in [6.45, 7) is 7.91. The maximum atomic E-state index is 6.13. The lowest BCUT2D eigenvalue weighted by atomic mass is 9.70. The summed E-state index contributed by atoms with van der Waals surface area (Å²) in [6, 6.07) is 0. The summed E-state index contributed by atoms with van der Waals surface area (Å²) in [5.74, 6) is 1.67. The van der Waals surface area contributed by atoms with Crippen molar-refractivity contribution in [2.45, 2.75) is 45.1 Å². The second kappa shape index (κ2) is 6.88. The molecule has 1 aliphatic rings. The van der Waals surface area contributed by atoms with Gasteiger partial charge < -0.3 is 10.6 Å². The smallest absolute Gasteiger partial charge is 0.0331 e. The minimum absolute atomic E-state index is 0.262. The summed E-state index contributed by atoms with van der Waals surface area (Å²) in [5, 5.41) is 0. The Bertz CT molecular complexity index is 242. The monoisotopic (exact) mass is 255 g/mol. The minimum atomic E-state index is 0.262. The standard InChI is InChI=1S/C15H33N3/c1-13-7-8-15(12-16,11-14(13)2)18(5)10-6-9-17(3)4/h13-14H,6-12,16H2,1-5H3. The number of hydrogen-bond donors (Lipinski definition) is 1. The first kappa shape index (κ1) is 15.9. The predicted molar refractivity (Wildman–Crippen MR) is 79.8 cm³/mol. The first-order chi connectivity index (χ1) is 8.41. The van der Waals surface area contributed by atoms with Crippen molar-refractivity contribution in [1.82, 2.24) is 9.80 Å². The summed E-state index contributed by atoms with van der Waals surface area (Å²) in [5.41, 5.74) is 6.39. The van der Waals surface area contributed by atoms with Gasteiger partial charge in [0.2, 0.25) is 0 Å². The highest BCUT2D eigenvalue weighted by Gasteiger charge is 2.39. The van der Waals surface area contributed by atoms with Crippen molar-refractivity contribution in [2.75, 3.05) is 40.8 Å². The lowest BCUT2D eigenvalue weighted by Crippen LogP contribution is -2.56. The number of rotatable bonds is 6. The fourth-order valence-corrected chi connectivity index (χ4v) is 3.23. The zero-order valence-corrected chi connectivity index (χ0v) is 13.1. The Kier molecular flexibility index (Phi) is 6.09. The van der Waals surface area contributed by atoms with Crippen molar-refractivity contribution in [3.05, 3.63) is 0 Å². The molecule has 0 aliphatic heterocycles. The molecule has 0 saturated heterocycles. The van der Waals surface area contributed by atoms with Gasteiger partial charge in [-0.2, -0.15) is 0 Å². The summed E-state index contributed by atoms with van der Waals surface area (Å²) in [6.07, 6.45) is 5.10. The molecule has 0 heterocycles. The van der Waals surface area contributed by atoms with Crippen LogP contribution >= 0.6 is 0 Å². The van der Waals surface area contributed by atoms with E-state index in [0.717, 1.165) is 31.5 Å². The third-order valence-electron chi connectivity index (χ3n) is 5.03. The molecule has 3 nitrogen and oxygen atoms in total. The molecular formula is C15H33N3. The lowest BCUT2D eigenvalue weighted by molar-refractivity contribution is 0.0385. The Morgan fingerprint density at radius 2 is 1.78 bits per heavy atom. The molecule has 1 rings (SSSR count). The van der Waals surface area contributed by atoms with Crippen LogP contribution in [0.5, 0.6) is 0 Å². The number of hydrogen-bond acceptors (Lipinski definition) is 3. The van der Waals surface area contributed by atoms with E-state index in [1.165, 1.54) is 25.7 Å². The van der Waals surface area contributed by atoms with Gasteiger partial charge in [0.25, 0.3) is 0 Å². The van der Waals surface area contributed by atoms with Crippen LogP contribution in [0.1, 0.15) is 39.5 Å². The normalized spacial score (nSPS) is 33.3. The Hall–Kier alpha value is -0.120. The topological polar surface area (TPSA) is 32.5 Å². The average Bonchev–Trinajstić information content (AvgIpc) is 2.32. The summed E-state index contributed by atoms with van der Waals surface area (Å²) < 4.78 is 0. The minimum Gasteiger partial charge on any atom is -0.329 e. The van der Waals surface area contributed by atoms with Crippen LogP contribution in [-0.2, 0) is 0 Å². The van der Waals surface area contributed by atoms with Gasteiger partial charge in [-0.3, -0.25) is 4.90 Å². The van der Waals surface area contributed by atoms with E-state index in [-0.39, 0.29) is 5.54 Å². The van der Waals surface area contributed by atoms with Crippen LogP contribution in [-0.4, -0.2) is 56.1 Å². The van der Waals surface area contributed by atoms with Crippen LogP contribution in [0.15, 0.2) is 0 Å². The van der Waals surface area contributed by atoms with Crippen LogP contribution in [0, 0.1) is 11.8 Å². The molecule has 18 heavy (non-hydrogen) atoms. The molecule has 0 aromatic heterocycles. The molecule has 0 spiro atoms. The quantitative estimate of drug-likeness (QED) is 0.788. The molecule has 3 heteroatoms. The maximum Gasteiger partial charge on any atom is 0.0331 e. The van der Waals surface area contributed by atoms with Crippen LogP contribution in [0.4, 0.5) is 0 Å². The molecule has 2 N–H and O–H groups in total. The molecule has 108 valence electrons. The van der Waals surface area contributed by atoms with Crippen molar-refractivity contribution in [3.63, 3.8) is 0 Å².